The smallest absolute Gasteiger partial charge is 0.396 e. The molecule has 0 bridgehead atoms. The molecule has 0 saturated carbocycles. The Balaban J connectivity index is 4.50. The van der Waals surface area contributed by atoms with Gasteiger partial charge in [0.1, 0.15) is 0 Å². The van der Waals surface area contributed by atoms with Gasteiger partial charge in [0, 0.05) is 13.0 Å². The van der Waals surface area contributed by atoms with Crippen molar-refractivity contribution in [1.82, 2.24) is 0 Å². The molecule has 0 aromatic carbocycles. The molecule has 0 aliphatic heterocycles. The Morgan fingerprint density at radius 1 is 1.07 bits per heavy atom. The Morgan fingerprint density at radius 2 is 1.50 bits per heavy atom. The summed E-state index contributed by atoms with van der Waals surface area (Å²) in [6.07, 6.45) is -7.95. The average molecular weight is 222 g/mol. The fourth-order valence-corrected chi connectivity index (χ4v) is 0.908. The molecule has 2 nitrogen and oxygen atoms in total. The van der Waals surface area contributed by atoms with Crippen molar-refractivity contribution in [1.29, 1.82) is 0 Å². The van der Waals surface area contributed by atoms with Crippen molar-refractivity contribution in [2.75, 3.05) is 6.61 Å². The fourth-order valence-electron chi connectivity index (χ4n) is 0.908. The minimum Gasteiger partial charge on any atom is -0.396 e. The number of alkyl halides is 5. The zero-order chi connectivity index (χ0) is 11.6. The SMILES string of the molecule is CC(O)(CCO)CC(F)(F)C(F)(F)F. The number of hydrogen-bond acceptors (Lipinski definition) is 2. The molecule has 1 atom stereocenters. The quantitative estimate of drug-likeness (QED) is 0.711. The fraction of sp³-hybridized carbons (Fsp3) is 1.00. The van der Waals surface area contributed by atoms with Crippen molar-refractivity contribution in [3.05, 3.63) is 0 Å². The first-order valence-corrected chi connectivity index (χ1v) is 3.80. The number of aliphatic hydroxyl groups is 2. The van der Waals surface area contributed by atoms with Gasteiger partial charge in [-0.25, -0.2) is 0 Å². The van der Waals surface area contributed by atoms with Crippen LogP contribution < -0.4 is 0 Å². The van der Waals surface area contributed by atoms with Gasteiger partial charge in [0.25, 0.3) is 0 Å². The molecule has 1 unspecified atom stereocenters. The van der Waals surface area contributed by atoms with Gasteiger partial charge in [-0.05, 0) is 13.3 Å². The summed E-state index contributed by atoms with van der Waals surface area (Å²) < 4.78 is 59.8. The lowest BCUT2D eigenvalue weighted by Gasteiger charge is -2.28. The molecule has 14 heavy (non-hydrogen) atoms. The molecule has 7 heteroatoms. The summed E-state index contributed by atoms with van der Waals surface area (Å²) in [4.78, 5) is 0. The van der Waals surface area contributed by atoms with E-state index in [4.69, 9.17) is 10.2 Å². The van der Waals surface area contributed by atoms with E-state index in [-0.39, 0.29) is 0 Å². The van der Waals surface area contributed by atoms with Crippen molar-refractivity contribution >= 4 is 0 Å². The summed E-state index contributed by atoms with van der Waals surface area (Å²) in [5.74, 6) is -4.94. The number of halogens is 5. The van der Waals surface area contributed by atoms with Gasteiger partial charge in [0.15, 0.2) is 0 Å². The molecule has 0 aromatic rings. The van der Waals surface area contributed by atoms with Crippen LogP contribution in [0.3, 0.4) is 0 Å². The molecule has 0 heterocycles. The van der Waals surface area contributed by atoms with Crippen LogP contribution in [0.4, 0.5) is 22.0 Å². The topological polar surface area (TPSA) is 40.5 Å². The average Bonchev–Trinajstić information content (AvgIpc) is 1.80. The van der Waals surface area contributed by atoms with Crippen LogP contribution >= 0.6 is 0 Å². The Hall–Kier alpha value is -0.430. The second kappa shape index (κ2) is 3.98. The van der Waals surface area contributed by atoms with Crippen LogP contribution in [0.1, 0.15) is 19.8 Å². The van der Waals surface area contributed by atoms with Gasteiger partial charge in [-0.3, -0.25) is 0 Å². The highest BCUT2D eigenvalue weighted by molar-refractivity contribution is 4.85. The van der Waals surface area contributed by atoms with Crippen LogP contribution in [0.5, 0.6) is 0 Å². The van der Waals surface area contributed by atoms with E-state index < -0.39 is 37.1 Å². The summed E-state index contributed by atoms with van der Waals surface area (Å²) in [6.45, 7) is 0.170. The van der Waals surface area contributed by atoms with Crippen LogP contribution in [-0.2, 0) is 0 Å². The predicted octanol–water partition coefficient (Wildman–Crippen LogP) is 1.71. The lowest BCUT2D eigenvalue weighted by atomic mass is 9.94. The van der Waals surface area contributed by atoms with E-state index in [9.17, 15) is 22.0 Å². The molecule has 0 amide bonds. The highest BCUT2D eigenvalue weighted by atomic mass is 19.4. The predicted molar refractivity (Wildman–Crippen MR) is 37.9 cm³/mol. The van der Waals surface area contributed by atoms with Gasteiger partial charge < -0.3 is 10.2 Å². The van der Waals surface area contributed by atoms with Crippen LogP contribution in [0.15, 0.2) is 0 Å². The largest absolute Gasteiger partial charge is 0.453 e. The molecule has 86 valence electrons. The molecule has 0 spiro atoms. The summed E-state index contributed by atoms with van der Waals surface area (Å²) in [6, 6.07) is 0. The van der Waals surface area contributed by atoms with Crippen LogP contribution in [0, 0.1) is 0 Å². The van der Waals surface area contributed by atoms with Gasteiger partial charge in [-0.2, -0.15) is 22.0 Å². The second-order valence-electron chi connectivity index (χ2n) is 3.35. The molecular weight excluding hydrogens is 211 g/mol. The maximum Gasteiger partial charge on any atom is 0.453 e. The third-order valence-electron chi connectivity index (χ3n) is 1.67. The zero-order valence-electron chi connectivity index (χ0n) is 7.41. The number of rotatable bonds is 4. The van der Waals surface area contributed by atoms with E-state index in [1.165, 1.54) is 0 Å². The summed E-state index contributed by atoms with van der Waals surface area (Å²) >= 11 is 0. The monoisotopic (exact) mass is 222 g/mol. The Bertz CT molecular complexity index is 187. The molecule has 0 fully saturated rings. The van der Waals surface area contributed by atoms with Gasteiger partial charge in [0.2, 0.25) is 0 Å². The highest BCUT2D eigenvalue weighted by Gasteiger charge is 2.59. The molecule has 0 saturated heterocycles. The van der Waals surface area contributed by atoms with Gasteiger partial charge >= 0.3 is 12.1 Å². The molecule has 0 aromatic heterocycles. The number of hydrogen-bond donors (Lipinski definition) is 2. The van der Waals surface area contributed by atoms with Gasteiger partial charge in [-0.1, -0.05) is 0 Å². The molecule has 0 rings (SSSR count). The Kier molecular flexibility index (Phi) is 3.85. The highest BCUT2D eigenvalue weighted by Crippen LogP contribution is 2.41. The van der Waals surface area contributed by atoms with Crippen molar-refractivity contribution in [2.24, 2.45) is 0 Å². The van der Waals surface area contributed by atoms with E-state index in [1.807, 2.05) is 0 Å². The van der Waals surface area contributed by atoms with Crippen molar-refractivity contribution in [3.63, 3.8) is 0 Å². The molecular formula is C7H11F5O2. The van der Waals surface area contributed by atoms with Gasteiger partial charge in [0.05, 0.1) is 5.60 Å². The van der Waals surface area contributed by atoms with Crippen molar-refractivity contribution in [2.45, 2.75) is 37.5 Å². The van der Waals surface area contributed by atoms with Gasteiger partial charge in [-0.15, -0.1) is 0 Å². The first-order chi connectivity index (χ1) is 6.02. The zero-order valence-corrected chi connectivity index (χ0v) is 7.41. The van der Waals surface area contributed by atoms with E-state index in [0.717, 1.165) is 6.92 Å². The van der Waals surface area contributed by atoms with Crippen LogP contribution in [0.25, 0.3) is 0 Å². The Labute approximate surface area is 77.3 Å². The maximum atomic E-state index is 12.4. The first-order valence-electron chi connectivity index (χ1n) is 3.80. The van der Waals surface area contributed by atoms with E-state index in [1.54, 1.807) is 0 Å². The van der Waals surface area contributed by atoms with Crippen molar-refractivity contribution < 1.29 is 32.2 Å². The molecule has 2 N–H and O–H groups in total. The molecule has 0 aliphatic carbocycles. The van der Waals surface area contributed by atoms with Crippen molar-refractivity contribution in [3.8, 4) is 0 Å². The minimum atomic E-state index is -5.67. The van der Waals surface area contributed by atoms with Crippen LogP contribution in [0.2, 0.25) is 0 Å². The Morgan fingerprint density at radius 3 is 1.79 bits per heavy atom. The first kappa shape index (κ1) is 13.6. The number of aliphatic hydroxyl groups excluding tert-OH is 1. The molecule has 0 radical (unpaired) electrons. The van der Waals surface area contributed by atoms with E-state index >= 15 is 0 Å². The minimum absolute atomic E-state index is 0.529. The summed E-state index contributed by atoms with van der Waals surface area (Å²) in [5.41, 5.74) is -2.23. The second-order valence-corrected chi connectivity index (χ2v) is 3.35. The molecule has 0 aliphatic rings. The van der Waals surface area contributed by atoms with E-state index in [2.05, 4.69) is 0 Å². The van der Waals surface area contributed by atoms with E-state index in [0.29, 0.717) is 0 Å². The standard InChI is InChI=1S/C7H11F5O2/c1-5(14,2-3-13)4-6(8,9)7(10,11)12/h13-14H,2-4H2,1H3. The third kappa shape index (κ3) is 3.75. The summed E-state index contributed by atoms with van der Waals surface area (Å²) in [7, 11) is 0. The maximum absolute atomic E-state index is 12.4. The lowest BCUT2D eigenvalue weighted by molar-refractivity contribution is -0.296. The third-order valence-corrected chi connectivity index (χ3v) is 1.67. The lowest BCUT2D eigenvalue weighted by Crippen LogP contribution is -2.44. The van der Waals surface area contributed by atoms with Crippen LogP contribution in [-0.4, -0.2) is 34.5 Å². The summed E-state index contributed by atoms with van der Waals surface area (Å²) in [5, 5.41) is 17.4. The normalized spacial score (nSPS) is 18.0.